The van der Waals surface area contributed by atoms with Crippen LogP contribution in [0.3, 0.4) is 0 Å². The van der Waals surface area contributed by atoms with Crippen molar-refractivity contribution in [2.75, 3.05) is 13.2 Å². The first-order valence-electron chi connectivity index (χ1n) is 9.74. The molecule has 3 heterocycles. The number of thiophene rings is 1. The number of carboxylic acids is 2. The number of halogens is 6. The van der Waals surface area contributed by atoms with E-state index in [2.05, 4.69) is 34.0 Å². The van der Waals surface area contributed by atoms with Gasteiger partial charge >= 0.3 is 24.3 Å². The summed E-state index contributed by atoms with van der Waals surface area (Å²) in [5, 5.41) is 16.4. The molecule has 0 atom stereocenters. The van der Waals surface area contributed by atoms with Crippen molar-refractivity contribution in [2.45, 2.75) is 38.5 Å². The van der Waals surface area contributed by atoms with Gasteiger partial charge in [-0.2, -0.15) is 26.3 Å². The fourth-order valence-electron chi connectivity index (χ4n) is 2.76. The predicted molar refractivity (Wildman–Crippen MR) is 114 cm³/mol. The number of aromatic nitrogens is 1. The molecule has 2 N–H and O–H groups in total. The molecule has 0 amide bonds. The average Bonchev–Trinajstić information content (AvgIpc) is 3.26. The summed E-state index contributed by atoms with van der Waals surface area (Å²) < 4.78 is 69.0. The highest BCUT2D eigenvalue weighted by atomic mass is 32.1. The summed E-state index contributed by atoms with van der Waals surface area (Å²) >= 11 is 1.83. The minimum atomic E-state index is -5.08. The molecule has 0 saturated heterocycles. The highest BCUT2D eigenvalue weighted by Crippen LogP contribution is 2.24. The summed E-state index contributed by atoms with van der Waals surface area (Å²) in [6.07, 6.45) is -3.36. The van der Waals surface area contributed by atoms with Crippen LogP contribution < -0.4 is 0 Å². The number of carbonyl (C=O) groups is 2. The van der Waals surface area contributed by atoms with Gasteiger partial charge in [0.1, 0.15) is 0 Å². The van der Waals surface area contributed by atoms with Crippen molar-refractivity contribution < 1.29 is 50.9 Å². The van der Waals surface area contributed by atoms with Crippen LogP contribution in [0.4, 0.5) is 26.3 Å². The number of aliphatic carboxylic acids is 2. The van der Waals surface area contributed by atoms with Crippen molar-refractivity contribution >= 4 is 23.3 Å². The predicted octanol–water partition coefficient (Wildman–Crippen LogP) is 4.67. The number of hydrogen-bond donors (Lipinski definition) is 2. The van der Waals surface area contributed by atoms with Crippen LogP contribution in [-0.4, -0.2) is 57.5 Å². The summed E-state index contributed by atoms with van der Waals surface area (Å²) in [5.74, 6) is -5.51. The van der Waals surface area contributed by atoms with E-state index >= 15 is 0 Å². The molecular weight excluding hydrogens is 506 g/mol. The molecule has 7 nitrogen and oxygen atoms in total. The molecule has 2 aromatic rings. The molecule has 0 bridgehead atoms. The quantitative estimate of drug-likeness (QED) is 0.319. The van der Waals surface area contributed by atoms with E-state index in [1.54, 1.807) is 6.08 Å². The van der Waals surface area contributed by atoms with Gasteiger partial charge in [0.2, 0.25) is 0 Å². The topological polar surface area (TPSA) is 100.0 Å². The lowest BCUT2D eigenvalue weighted by Gasteiger charge is -2.29. The molecule has 1 aliphatic rings. The van der Waals surface area contributed by atoms with E-state index < -0.39 is 24.3 Å². The zero-order valence-corrected chi connectivity index (χ0v) is 18.9. The Kier molecular flexibility index (Phi) is 11.9. The first-order valence-corrected chi connectivity index (χ1v) is 10.6. The van der Waals surface area contributed by atoms with Crippen LogP contribution in [0.1, 0.15) is 21.6 Å². The SMILES string of the molecule is C=CCOCc1cncc2c1CCN(Cc1cccs1)C2.O=C(O)C(F)(F)F.O=C(O)C(F)(F)F. The van der Waals surface area contributed by atoms with Crippen molar-refractivity contribution in [1.82, 2.24) is 9.88 Å². The lowest BCUT2D eigenvalue weighted by atomic mass is 9.97. The van der Waals surface area contributed by atoms with Crippen molar-refractivity contribution in [3.8, 4) is 0 Å². The Bertz CT molecular complexity index is 940. The standard InChI is InChI=1S/C17H20N2OS.2C2HF3O2/c1-2-7-20-13-15-10-18-9-14-11-19(6-5-17(14)15)12-16-4-3-8-21-16;2*3-2(4,5)1(6)7/h2-4,8-10H,1,5-7,11-13H2;2*(H,6,7). The summed E-state index contributed by atoms with van der Waals surface area (Å²) in [4.78, 5) is 26.1. The third-order valence-corrected chi connectivity index (χ3v) is 5.11. The largest absolute Gasteiger partial charge is 0.490 e. The van der Waals surface area contributed by atoms with Crippen molar-refractivity contribution in [3.05, 3.63) is 64.1 Å². The van der Waals surface area contributed by atoms with Crippen molar-refractivity contribution in [2.24, 2.45) is 0 Å². The molecule has 0 aliphatic carbocycles. The summed E-state index contributed by atoms with van der Waals surface area (Å²) in [6, 6.07) is 4.33. The number of pyridine rings is 1. The summed E-state index contributed by atoms with van der Waals surface area (Å²) in [5.41, 5.74) is 4.00. The molecule has 0 spiro atoms. The molecule has 14 heteroatoms. The Labute approximate surface area is 200 Å². The number of nitrogens with zero attached hydrogens (tertiary/aromatic N) is 2. The number of carboxylic acid groups (broad SMARTS) is 2. The third kappa shape index (κ3) is 11.3. The average molecular weight is 528 g/mol. The molecule has 3 rings (SSSR count). The van der Waals surface area contributed by atoms with E-state index in [1.165, 1.54) is 21.6 Å². The number of alkyl halides is 6. The summed E-state index contributed by atoms with van der Waals surface area (Å²) in [6.45, 7) is 8.02. The molecular formula is C21H22F6N2O5S. The molecule has 0 unspecified atom stereocenters. The molecule has 1 aliphatic heterocycles. The minimum Gasteiger partial charge on any atom is -0.475 e. The normalized spacial score (nSPS) is 13.4. The van der Waals surface area contributed by atoms with Crippen LogP contribution in [0.25, 0.3) is 0 Å². The monoisotopic (exact) mass is 528 g/mol. The molecule has 2 aromatic heterocycles. The number of ether oxygens (including phenoxy) is 1. The zero-order chi connectivity index (χ0) is 26.6. The fraction of sp³-hybridized carbons (Fsp3) is 0.381. The van der Waals surface area contributed by atoms with E-state index in [4.69, 9.17) is 24.5 Å². The number of hydrogen-bond acceptors (Lipinski definition) is 6. The van der Waals surface area contributed by atoms with Crippen LogP contribution in [0.15, 0.2) is 42.6 Å². The molecule has 194 valence electrons. The van der Waals surface area contributed by atoms with Gasteiger partial charge in [0.25, 0.3) is 0 Å². The maximum atomic E-state index is 10.6. The Balaban J connectivity index is 0.000000362. The molecule has 0 saturated carbocycles. The smallest absolute Gasteiger partial charge is 0.475 e. The maximum absolute atomic E-state index is 10.6. The molecule has 0 aromatic carbocycles. The van der Waals surface area contributed by atoms with E-state index in [-0.39, 0.29) is 0 Å². The second kappa shape index (κ2) is 13.8. The molecule has 35 heavy (non-hydrogen) atoms. The fourth-order valence-corrected chi connectivity index (χ4v) is 3.51. The molecule has 0 fully saturated rings. The van der Waals surface area contributed by atoms with Gasteiger partial charge in [-0.3, -0.25) is 9.88 Å². The Morgan fingerprint density at radius 2 is 1.74 bits per heavy atom. The van der Waals surface area contributed by atoms with Gasteiger partial charge < -0.3 is 14.9 Å². The van der Waals surface area contributed by atoms with Crippen molar-refractivity contribution in [3.63, 3.8) is 0 Å². The highest BCUT2D eigenvalue weighted by Gasteiger charge is 2.38. The second-order valence-electron chi connectivity index (χ2n) is 6.89. The first-order chi connectivity index (χ1) is 16.3. The Hall–Kier alpha value is -2.97. The second-order valence-corrected chi connectivity index (χ2v) is 7.92. The van der Waals surface area contributed by atoms with Crippen LogP contribution >= 0.6 is 11.3 Å². The van der Waals surface area contributed by atoms with Gasteiger partial charge in [-0.15, -0.1) is 17.9 Å². The Morgan fingerprint density at radius 3 is 2.23 bits per heavy atom. The Morgan fingerprint density at radius 1 is 1.14 bits per heavy atom. The van der Waals surface area contributed by atoms with Crippen LogP contribution in [0.2, 0.25) is 0 Å². The van der Waals surface area contributed by atoms with E-state index in [1.807, 2.05) is 23.7 Å². The highest BCUT2D eigenvalue weighted by molar-refractivity contribution is 7.09. The zero-order valence-electron chi connectivity index (χ0n) is 18.1. The van der Waals surface area contributed by atoms with Crippen LogP contribution in [-0.2, 0) is 40.4 Å². The lowest BCUT2D eigenvalue weighted by molar-refractivity contribution is -0.193. The van der Waals surface area contributed by atoms with Gasteiger partial charge in [-0.1, -0.05) is 12.1 Å². The third-order valence-electron chi connectivity index (χ3n) is 4.25. The lowest BCUT2D eigenvalue weighted by Crippen LogP contribution is -2.30. The van der Waals surface area contributed by atoms with E-state index in [0.29, 0.717) is 13.2 Å². The molecule has 0 radical (unpaired) electrons. The van der Waals surface area contributed by atoms with Gasteiger partial charge in [0.15, 0.2) is 0 Å². The van der Waals surface area contributed by atoms with Gasteiger partial charge in [-0.05, 0) is 34.6 Å². The van der Waals surface area contributed by atoms with E-state index in [0.717, 1.165) is 26.1 Å². The number of rotatable bonds is 6. The van der Waals surface area contributed by atoms with Gasteiger partial charge in [0.05, 0.1) is 13.2 Å². The number of fused-ring (bicyclic) bond motifs is 1. The van der Waals surface area contributed by atoms with Gasteiger partial charge in [-0.25, -0.2) is 9.59 Å². The van der Waals surface area contributed by atoms with Gasteiger partial charge in [0, 0.05) is 36.9 Å². The van der Waals surface area contributed by atoms with Crippen LogP contribution in [0.5, 0.6) is 0 Å². The summed E-state index contributed by atoms with van der Waals surface area (Å²) in [7, 11) is 0. The van der Waals surface area contributed by atoms with Crippen molar-refractivity contribution in [1.29, 1.82) is 0 Å². The minimum absolute atomic E-state index is 0.591. The van der Waals surface area contributed by atoms with E-state index in [9.17, 15) is 26.3 Å². The maximum Gasteiger partial charge on any atom is 0.490 e. The van der Waals surface area contributed by atoms with Crippen LogP contribution in [0, 0.1) is 0 Å². The first kappa shape index (κ1) is 30.1.